The van der Waals surface area contributed by atoms with E-state index < -0.39 is 12.0 Å². The molecule has 1 saturated heterocycles. The van der Waals surface area contributed by atoms with E-state index in [0.717, 1.165) is 31.2 Å². The van der Waals surface area contributed by atoms with Crippen molar-refractivity contribution in [3.63, 3.8) is 0 Å². The molecule has 3 atom stereocenters. The average Bonchev–Trinajstić information content (AvgIpc) is 3.31. The van der Waals surface area contributed by atoms with Crippen LogP contribution in [0.4, 0.5) is 0 Å². The number of rotatable bonds is 3. The van der Waals surface area contributed by atoms with Gasteiger partial charge in [-0.2, -0.15) is 0 Å². The van der Waals surface area contributed by atoms with Crippen LogP contribution in [0.15, 0.2) is 28.4 Å². The Kier molecular flexibility index (Phi) is 3.88. The van der Waals surface area contributed by atoms with Gasteiger partial charge in [-0.15, -0.1) is 11.3 Å². The Morgan fingerprint density at radius 3 is 2.92 bits per heavy atom. The topological polar surface area (TPSA) is 83.6 Å². The molecule has 0 radical (unpaired) electrons. The molecule has 0 bridgehead atoms. The first-order valence-corrected chi connectivity index (χ1v) is 9.06. The summed E-state index contributed by atoms with van der Waals surface area (Å²) in [7, 11) is 0. The highest BCUT2D eigenvalue weighted by atomic mass is 32.1. The smallest absolute Gasteiger partial charge is 0.326 e. The lowest BCUT2D eigenvalue weighted by Crippen LogP contribution is -2.46. The van der Waals surface area contributed by atoms with Crippen molar-refractivity contribution in [1.29, 1.82) is 0 Å². The van der Waals surface area contributed by atoms with E-state index in [1.807, 2.05) is 0 Å². The molecule has 0 aromatic carbocycles. The molecule has 1 amide bonds. The summed E-state index contributed by atoms with van der Waals surface area (Å²) in [4.78, 5) is 30.6. The van der Waals surface area contributed by atoms with Gasteiger partial charge in [-0.05, 0) is 31.2 Å². The highest BCUT2D eigenvalue weighted by molar-refractivity contribution is 7.13. The zero-order chi connectivity index (χ0) is 16.7. The summed E-state index contributed by atoms with van der Waals surface area (Å²) >= 11 is 1.37. The molecule has 4 rings (SSSR count). The van der Waals surface area contributed by atoms with E-state index in [4.69, 9.17) is 4.42 Å². The summed E-state index contributed by atoms with van der Waals surface area (Å²) in [6, 6.07) is 1.09. The molecule has 24 heavy (non-hydrogen) atoms. The van der Waals surface area contributed by atoms with Crippen molar-refractivity contribution in [2.24, 2.45) is 5.92 Å². The number of furan rings is 1. The summed E-state index contributed by atoms with van der Waals surface area (Å²) in [6.45, 7) is 0. The molecule has 0 spiro atoms. The third-order valence-corrected chi connectivity index (χ3v) is 5.99. The Morgan fingerprint density at radius 1 is 1.33 bits per heavy atom. The van der Waals surface area contributed by atoms with Crippen LogP contribution < -0.4 is 0 Å². The number of carbonyl (C=O) groups is 2. The third kappa shape index (κ3) is 2.53. The Morgan fingerprint density at radius 2 is 2.17 bits per heavy atom. The molecule has 6 nitrogen and oxygen atoms in total. The monoisotopic (exact) mass is 346 g/mol. The number of hydrogen-bond donors (Lipinski definition) is 1. The van der Waals surface area contributed by atoms with Gasteiger partial charge in [-0.25, -0.2) is 9.78 Å². The van der Waals surface area contributed by atoms with Gasteiger partial charge in [0.1, 0.15) is 23.0 Å². The van der Waals surface area contributed by atoms with Crippen molar-refractivity contribution in [2.75, 3.05) is 0 Å². The number of hydrogen-bond acceptors (Lipinski definition) is 5. The fourth-order valence-corrected chi connectivity index (χ4v) is 4.78. The number of nitrogens with zero attached hydrogens (tertiary/aromatic N) is 2. The number of carboxylic acid groups (broad SMARTS) is 1. The van der Waals surface area contributed by atoms with Gasteiger partial charge in [-0.3, -0.25) is 4.79 Å². The minimum atomic E-state index is -0.914. The fourth-order valence-electron chi connectivity index (χ4n) is 4.00. The van der Waals surface area contributed by atoms with Crippen molar-refractivity contribution in [1.82, 2.24) is 9.88 Å². The van der Waals surface area contributed by atoms with E-state index in [2.05, 4.69) is 4.98 Å². The second kappa shape index (κ2) is 6.05. The molecule has 1 aliphatic heterocycles. The first kappa shape index (κ1) is 15.4. The molecule has 0 unspecified atom stereocenters. The number of likely N-dealkylation sites (tertiary alicyclic amines) is 1. The van der Waals surface area contributed by atoms with Gasteiger partial charge in [0.15, 0.2) is 0 Å². The zero-order valence-electron chi connectivity index (χ0n) is 13.1. The van der Waals surface area contributed by atoms with Crippen molar-refractivity contribution < 1.29 is 19.1 Å². The van der Waals surface area contributed by atoms with Gasteiger partial charge in [0.2, 0.25) is 0 Å². The number of carboxylic acids is 1. The van der Waals surface area contributed by atoms with Gasteiger partial charge < -0.3 is 14.4 Å². The van der Waals surface area contributed by atoms with E-state index in [0.29, 0.717) is 23.0 Å². The lowest BCUT2D eigenvalue weighted by molar-refractivity contribution is -0.141. The summed E-state index contributed by atoms with van der Waals surface area (Å²) in [5.74, 6) is -0.874. The highest BCUT2D eigenvalue weighted by Gasteiger charge is 2.48. The second-order valence-electron chi connectivity index (χ2n) is 6.46. The first-order valence-electron chi connectivity index (χ1n) is 8.18. The lowest BCUT2D eigenvalue weighted by atomic mass is 9.84. The van der Waals surface area contributed by atoms with Gasteiger partial charge in [0.25, 0.3) is 5.91 Å². The molecule has 1 aliphatic carbocycles. The molecular weight excluding hydrogens is 328 g/mol. The molecule has 2 aromatic rings. The number of aromatic nitrogens is 1. The predicted molar refractivity (Wildman–Crippen MR) is 87.8 cm³/mol. The standard InChI is InChI=1S/C17H18N2O4S/c20-16(12-9-24-15(18-12)11-5-6-23-8-11)19-13-4-2-1-3-10(13)7-14(19)17(21)22/h5-6,8-10,13-14H,1-4,7H2,(H,21,22)/t10-,13-,14-/m0/s1. The number of fused-ring (bicyclic) bond motifs is 1. The summed E-state index contributed by atoms with van der Waals surface area (Å²) in [5, 5.41) is 12.0. The molecule has 2 aromatic heterocycles. The number of aliphatic carboxylic acids is 1. The van der Waals surface area contributed by atoms with Crippen LogP contribution in [-0.2, 0) is 4.79 Å². The Balaban J connectivity index is 1.63. The number of carbonyl (C=O) groups excluding carboxylic acids is 1. The molecule has 2 aliphatic rings. The van der Waals surface area contributed by atoms with Gasteiger partial charge >= 0.3 is 5.97 Å². The molecule has 7 heteroatoms. The normalized spacial score (nSPS) is 26.3. The maximum Gasteiger partial charge on any atom is 0.326 e. The van der Waals surface area contributed by atoms with E-state index in [-0.39, 0.29) is 11.9 Å². The average molecular weight is 346 g/mol. The SMILES string of the molecule is O=C(O)[C@@H]1C[C@@H]2CCCC[C@@H]2N1C(=O)c1csc(-c2ccoc2)n1. The van der Waals surface area contributed by atoms with Crippen molar-refractivity contribution in [2.45, 2.75) is 44.2 Å². The lowest BCUT2D eigenvalue weighted by Gasteiger charge is -2.32. The maximum absolute atomic E-state index is 13.0. The molecule has 126 valence electrons. The van der Waals surface area contributed by atoms with Gasteiger partial charge in [0.05, 0.1) is 6.26 Å². The Bertz CT molecular complexity index is 754. The van der Waals surface area contributed by atoms with Crippen molar-refractivity contribution in [3.05, 3.63) is 29.7 Å². The molecule has 1 N–H and O–H groups in total. The molecule has 3 heterocycles. The molecular formula is C17H18N2O4S. The largest absolute Gasteiger partial charge is 0.480 e. The number of thiazole rings is 1. The highest BCUT2D eigenvalue weighted by Crippen LogP contribution is 2.40. The van der Waals surface area contributed by atoms with Crippen LogP contribution >= 0.6 is 11.3 Å². The van der Waals surface area contributed by atoms with Crippen LogP contribution in [0, 0.1) is 5.92 Å². The zero-order valence-corrected chi connectivity index (χ0v) is 13.9. The maximum atomic E-state index is 13.0. The predicted octanol–water partition coefficient (Wildman–Crippen LogP) is 3.26. The van der Waals surface area contributed by atoms with Crippen molar-refractivity contribution >= 4 is 23.2 Å². The Hall–Kier alpha value is -2.15. The van der Waals surface area contributed by atoms with Gasteiger partial charge in [-0.1, -0.05) is 12.8 Å². The van der Waals surface area contributed by atoms with Crippen LogP contribution in [0.5, 0.6) is 0 Å². The van der Waals surface area contributed by atoms with Gasteiger partial charge in [0, 0.05) is 17.0 Å². The fraction of sp³-hybridized carbons (Fsp3) is 0.471. The minimum Gasteiger partial charge on any atom is -0.480 e. The van der Waals surface area contributed by atoms with Crippen molar-refractivity contribution in [3.8, 4) is 10.6 Å². The number of amides is 1. The first-order chi connectivity index (χ1) is 11.6. The van der Waals surface area contributed by atoms with Crippen LogP contribution in [0.3, 0.4) is 0 Å². The van der Waals surface area contributed by atoms with E-state index in [9.17, 15) is 14.7 Å². The van der Waals surface area contributed by atoms with E-state index in [1.165, 1.54) is 11.3 Å². The Labute approximate surface area is 143 Å². The summed E-state index contributed by atoms with van der Waals surface area (Å²) in [6.07, 6.45) is 7.77. The van der Waals surface area contributed by atoms with Crippen LogP contribution in [0.2, 0.25) is 0 Å². The minimum absolute atomic E-state index is 0.0337. The van der Waals surface area contributed by atoms with Crippen LogP contribution in [-0.4, -0.2) is 39.0 Å². The second-order valence-corrected chi connectivity index (χ2v) is 7.32. The summed E-state index contributed by atoms with van der Waals surface area (Å²) < 4.78 is 5.05. The summed E-state index contributed by atoms with van der Waals surface area (Å²) in [5.41, 5.74) is 1.15. The third-order valence-electron chi connectivity index (χ3n) is 5.10. The van der Waals surface area contributed by atoms with E-state index >= 15 is 0 Å². The quantitative estimate of drug-likeness (QED) is 0.922. The van der Waals surface area contributed by atoms with E-state index in [1.54, 1.807) is 28.9 Å². The van der Waals surface area contributed by atoms with Crippen LogP contribution in [0.25, 0.3) is 10.6 Å². The van der Waals surface area contributed by atoms with Crippen LogP contribution in [0.1, 0.15) is 42.6 Å². The molecule has 1 saturated carbocycles. The molecule has 2 fully saturated rings.